The van der Waals surface area contributed by atoms with Crippen LogP contribution in [0.15, 0.2) is 58.4 Å². The van der Waals surface area contributed by atoms with Gasteiger partial charge in [-0.15, -0.1) is 0 Å². The fourth-order valence-electron chi connectivity index (χ4n) is 3.45. The van der Waals surface area contributed by atoms with Crippen LogP contribution in [0.4, 0.5) is 24.5 Å². The van der Waals surface area contributed by atoms with E-state index < -0.39 is 22.6 Å². The summed E-state index contributed by atoms with van der Waals surface area (Å²) in [6.45, 7) is 1.97. The van der Waals surface area contributed by atoms with Gasteiger partial charge in [-0.05, 0) is 41.6 Å². The smallest absolute Gasteiger partial charge is 0.368 e. The van der Waals surface area contributed by atoms with Gasteiger partial charge in [0.1, 0.15) is 0 Å². The number of thioether (sulfide) groups is 1. The van der Waals surface area contributed by atoms with Gasteiger partial charge < -0.3 is 9.80 Å². The second kappa shape index (κ2) is 8.65. The Bertz CT molecular complexity index is 1130. The van der Waals surface area contributed by atoms with E-state index in [1.165, 1.54) is 30.0 Å². The Labute approximate surface area is 185 Å². The molecule has 2 heterocycles. The van der Waals surface area contributed by atoms with Gasteiger partial charge in [0.05, 0.1) is 15.4 Å². The molecule has 1 amide bonds. The van der Waals surface area contributed by atoms with Crippen molar-refractivity contribution in [2.45, 2.75) is 6.18 Å². The van der Waals surface area contributed by atoms with E-state index >= 15 is 0 Å². The highest BCUT2D eigenvalue weighted by atomic mass is 32.2. The number of aliphatic imine (C=N–C) groups is 1. The number of carbonyl (C=O) groups excluding carboxylic acids is 1. The molecule has 2 aromatic rings. The monoisotopic (exact) mass is 462 g/mol. The summed E-state index contributed by atoms with van der Waals surface area (Å²) in [5.74, 6) is -0.420. The molecule has 1 saturated heterocycles. The SMILES string of the molecule is O=C1N=C(N2CCN(c3cccc(C(F)(F)F)c3)CC2)SC1=Cc1cccc([N+](=O)[O-])c1. The summed E-state index contributed by atoms with van der Waals surface area (Å²) in [4.78, 5) is 31.0. The molecule has 0 spiro atoms. The Morgan fingerprint density at radius 2 is 1.72 bits per heavy atom. The number of amidine groups is 1. The summed E-state index contributed by atoms with van der Waals surface area (Å²) in [6, 6.07) is 11.2. The van der Waals surface area contributed by atoms with Crippen LogP contribution >= 0.6 is 11.8 Å². The number of hydrogen-bond acceptors (Lipinski definition) is 6. The van der Waals surface area contributed by atoms with Crippen molar-refractivity contribution in [3.05, 3.63) is 74.7 Å². The van der Waals surface area contributed by atoms with Crippen LogP contribution in [0.1, 0.15) is 11.1 Å². The van der Waals surface area contributed by atoms with Crippen molar-refractivity contribution in [2.75, 3.05) is 31.1 Å². The molecular weight excluding hydrogens is 445 g/mol. The molecule has 11 heteroatoms. The van der Waals surface area contributed by atoms with Crippen molar-refractivity contribution in [1.29, 1.82) is 0 Å². The minimum Gasteiger partial charge on any atom is -0.368 e. The highest BCUT2D eigenvalue weighted by Gasteiger charge is 2.32. The van der Waals surface area contributed by atoms with Crippen molar-refractivity contribution in [1.82, 2.24) is 4.90 Å². The molecule has 7 nitrogen and oxygen atoms in total. The maximum absolute atomic E-state index is 13.0. The van der Waals surface area contributed by atoms with Crippen LogP contribution in [0, 0.1) is 10.1 Å². The van der Waals surface area contributed by atoms with Gasteiger partial charge in [-0.1, -0.05) is 18.2 Å². The first-order chi connectivity index (χ1) is 15.2. The van der Waals surface area contributed by atoms with Crippen LogP contribution in [-0.4, -0.2) is 47.1 Å². The summed E-state index contributed by atoms with van der Waals surface area (Å²) >= 11 is 1.19. The number of hydrogen-bond donors (Lipinski definition) is 0. The Morgan fingerprint density at radius 1 is 1.03 bits per heavy atom. The lowest BCUT2D eigenvalue weighted by Gasteiger charge is -2.36. The molecule has 0 bridgehead atoms. The third kappa shape index (κ3) is 4.77. The van der Waals surface area contributed by atoms with Crippen molar-refractivity contribution >= 4 is 40.3 Å². The summed E-state index contributed by atoms with van der Waals surface area (Å²) in [7, 11) is 0. The van der Waals surface area contributed by atoms with E-state index in [0.717, 1.165) is 12.1 Å². The highest BCUT2D eigenvalue weighted by Crippen LogP contribution is 2.33. The molecule has 0 atom stereocenters. The first-order valence-corrected chi connectivity index (χ1v) is 10.5. The molecule has 0 unspecified atom stereocenters. The predicted molar refractivity (Wildman–Crippen MR) is 116 cm³/mol. The zero-order valence-electron chi connectivity index (χ0n) is 16.6. The second-order valence-corrected chi connectivity index (χ2v) is 8.19. The topological polar surface area (TPSA) is 79.0 Å². The van der Waals surface area contributed by atoms with E-state index in [0.29, 0.717) is 47.5 Å². The largest absolute Gasteiger partial charge is 0.416 e. The summed E-state index contributed by atoms with van der Waals surface area (Å²) in [5, 5.41) is 11.5. The number of carbonyl (C=O) groups is 1. The summed E-state index contributed by atoms with van der Waals surface area (Å²) in [5.41, 5.74) is 0.278. The molecule has 0 aromatic heterocycles. The van der Waals surface area contributed by atoms with Crippen LogP contribution in [0.25, 0.3) is 6.08 Å². The number of nitrogens with zero attached hydrogens (tertiary/aromatic N) is 4. The molecule has 0 N–H and O–H groups in total. The summed E-state index contributed by atoms with van der Waals surface area (Å²) in [6.07, 6.45) is -2.83. The standard InChI is InChI=1S/C21H17F3N4O3S/c22-21(23,24)15-4-2-5-16(13-15)26-7-9-27(10-8-26)20-25-19(29)18(32-20)12-14-3-1-6-17(11-14)28(30)31/h1-6,11-13H,7-10H2. The average molecular weight is 462 g/mol. The van der Waals surface area contributed by atoms with E-state index in [2.05, 4.69) is 4.99 Å². The van der Waals surface area contributed by atoms with E-state index in [1.54, 1.807) is 24.3 Å². The third-order valence-electron chi connectivity index (χ3n) is 5.08. The van der Waals surface area contributed by atoms with Gasteiger partial charge >= 0.3 is 6.18 Å². The minimum absolute atomic E-state index is 0.0679. The number of alkyl halides is 3. The van der Waals surface area contributed by atoms with Crippen molar-refractivity contribution in [3.63, 3.8) is 0 Å². The van der Waals surface area contributed by atoms with Crippen molar-refractivity contribution < 1.29 is 22.9 Å². The fraction of sp³-hybridized carbons (Fsp3) is 0.238. The zero-order valence-corrected chi connectivity index (χ0v) is 17.4. The molecule has 2 aliphatic rings. The normalized spacial score (nSPS) is 18.3. The fourth-order valence-corrected chi connectivity index (χ4v) is 4.41. The number of amides is 1. The number of piperazine rings is 1. The Hall–Kier alpha value is -3.34. The lowest BCUT2D eigenvalue weighted by Crippen LogP contribution is -2.47. The van der Waals surface area contributed by atoms with Crippen LogP contribution in [0.3, 0.4) is 0 Å². The molecule has 0 saturated carbocycles. The van der Waals surface area contributed by atoms with E-state index in [9.17, 15) is 28.1 Å². The third-order valence-corrected chi connectivity index (χ3v) is 6.12. The van der Waals surface area contributed by atoms with E-state index in [-0.39, 0.29) is 5.69 Å². The number of halogens is 3. The maximum atomic E-state index is 13.0. The number of benzene rings is 2. The second-order valence-electron chi connectivity index (χ2n) is 7.18. The summed E-state index contributed by atoms with van der Waals surface area (Å²) < 4.78 is 38.9. The van der Waals surface area contributed by atoms with Gasteiger partial charge in [0, 0.05) is 44.0 Å². The molecule has 0 radical (unpaired) electrons. The van der Waals surface area contributed by atoms with Crippen LogP contribution in [0.5, 0.6) is 0 Å². The van der Waals surface area contributed by atoms with Gasteiger partial charge in [0.25, 0.3) is 11.6 Å². The molecular formula is C21H17F3N4O3S. The van der Waals surface area contributed by atoms with Crippen LogP contribution < -0.4 is 4.90 Å². The van der Waals surface area contributed by atoms with Crippen LogP contribution in [0.2, 0.25) is 0 Å². The van der Waals surface area contributed by atoms with Crippen molar-refractivity contribution in [2.24, 2.45) is 4.99 Å². The molecule has 0 aliphatic carbocycles. The Morgan fingerprint density at radius 3 is 2.41 bits per heavy atom. The Kier molecular flexibility index (Phi) is 5.92. The van der Waals surface area contributed by atoms with E-state index in [1.807, 2.05) is 9.80 Å². The number of nitro groups is 1. The lowest BCUT2D eigenvalue weighted by atomic mass is 10.1. The molecule has 1 fully saturated rings. The molecule has 2 aromatic carbocycles. The van der Waals surface area contributed by atoms with Crippen molar-refractivity contribution in [3.8, 4) is 0 Å². The Balaban J connectivity index is 1.41. The maximum Gasteiger partial charge on any atom is 0.416 e. The zero-order chi connectivity index (χ0) is 22.9. The lowest BCUT2D eigenvalue weighted by molar-refractivity contribution is -0.384. The average Bonchev–Trinajstić information content (AvgIpc) is 3.13. The quantitative estimate of drug-likeness (QED) is 0.382. The number of non-ortho nitro benzene ring substituents is 1. The number of anilines is 1. The van der Waals surface area contributed by atoms with E-state index in [4.69, 9.17) is 0 Å². The van der Waals surface area contributed by atoms with Gasteiger partial charge in [0.2, 0.25) is 0 Å². The van der Waals surface area contributed by atoms with Gasteiger partial charge in [-0.3, -0.25) is 14.9 Å². The molecule has 4 rings (SSSR count). The van der Waals surface area contributed by atoms with Crippen LogP contribution in [-0.2, 0) is 11.0 Å². The first-order valence-electron chi connectivity index (χ1n) is 9.65. The van der Waals surface area contributed by atoms with Gasteiger partial charge in [-0.2, -0.15) is 18.2 Å². The minimum atomic E-state index is -4.39. The molecule has 166 valence electrons. The number of rotatable bonds is 3. The molecule has 32 heavy (non-hydrogen) atoms. The first kappa shape index (κ1) is 21.9. The highest BCUT2D eigenvalue weighted by molar-refractivity contribution is 8.18. The molecule has 2 aliphatic heterocycles. The van der Waals surface area contributed by atoms with Gasteiger partial charge in [0.15, 0.2) is 5.17 Å². The van der Waals surface area contributed by atoms with Gasteiger partial charge in [-0.25, -0.2) is 0 Å². The number of nitro benzene ring substituents is 1. The predicted octanol–water partition coefficient (Wildman–Crippen LogP) is 4.41.